The van der Waals surface area contributed by atoms with Crippen LogP contribution in [0.25, 0.3) is 10.9 Å². The Bertz CT molecular complexity index is 1100. The fourth-order valence-corrected chi connectivity index (χ4v) is 4.22. The number of hydrogen-bond donors (Lipinski definition) is 1. The molecule has 2 unspecified atom stereocenters. The summed E-state index contributed by atoms with van der Waals surface area (Å²) in [4.78, 5) is 30.3. The highest BCUT2D eigenvalue weighted by Crippen LogP contribution is 2.25. The van der Waals surface area contributed by atoms with Crippen LogP contribution in [-0.2, 0) is 4.79 Å². The first-order valence-corrected chi connectivity index (χ1v) is 11.0. The maximum Gasteiger partial charge on any atom is 0.262 e. The van der Waals surface area contributed by atoms with Crippen molar-refractivity contribution in [2.45, 2.75) is 44.4 Å². The Labute approximate surface area is 180 Å². The van der Waals surface area contributed by atoms with Crippen molar-refractivity contribution < 1.29 is 9.53 Å². The quantitative estimate of drug-likeness (QED) is 0.429. The van der Waals surface area contributed by atoms with Gasteiger partial charge in [-0.1, -0.05) is 49.0 Å². The third-order valence-electron chi connectivity index (χ3n) is 5.12. The van der Waals surface area contributed by atoms with E-state index in [4.69, 9.17) is 4.74 Å². The first-order valence-electron chi connectivity index (χ1n) is 10.0. The number of ether oxygens (including phenoxy) is 1. The van der Waals surface area contributed by atoms with Crippen molar-refractivity contribution in [3.63, 3.8) is 0 Å². The van der Waals surface area contributed by atoms with Crippen molar-refractivity contribution >= 4 is 28.6 Å². The maximum absolute atomic E-state index is 13.0. The van der Waals surface area contributed by atoms with E-state index in [1.165, 1.54) is 11.8 Å². The van der Waals surface area contributed by atoms with Crippen molar-refractivity contribution in [3.05, 3.63) is 64.4 Å². The lowest BCUT2D eigenvalue weighted by Crippen LogP contribution is -2.30. The molecule has 1 amide bonds. The molecule has 158 valence electrons. The molecule has 0 spiro atoms. The average molecular weight is 426 g/mol. The molecule has 6 nitrogen and oxygen atoms in total. The monoisotopic (exact) mass is 425 g/mol. The summed E-state index contributed by atoms with van der Waals surface area (Å²) in [7, 11) is 1.61. The van der Waals surface area contributed by atoms with Gasteiger partial charge in [0, 0.05) is 11.6 Å². The van der Waals surface area contributed by atoms with Crippen LogP contribution in [0.1, 0.15) is 44.8 Å². The number of carbonyl (C=O) groups is 1. The summed E-state index contributed by atoms with van der Waals surface area (Å²) in [5, 5.41) is 4.16. The van der Waals surface area contributed by atoms with Gasteiger partial charge >= 0.3 is 0 Å². The van der Waals surface area contributed by atoms with Gasteiger partial charge in [0.1, 0.15) is 5.75 Å². The minimum Gasteiger partial charge on any atom is -0.496 e. The lowest BCUT2D eigenvalue weighted by atomic mass is 10.1. The summed E-state index contributed by atoms with van der Waals surface area (Å²) < 4.78 is 7.08. The minimum atomic E-state index is -0.199. The van der Waals surface area contributed by atoms with Crippen LogP contribution in [0.2, 0.25) is 0 Å². The van der Waals surface area contributed by atoms with E-state index in [1.54, 1.807) is 17.7 Å². The fourth-order valence-electron chi connectivity index (χ4n) is 3.31. The van der Waals surface area contributed by atoms with Gasteiger partial charge in [0.15, 0.2) is 5.16 Å². The second-order valence-corrected chi connectivity index (χ2v) is 8.11. The SMILES string of the molecule is CCC(C)n1c(SCC(=O)NC(C)c2ccccc2OC)nc2ccccc2c1=O. The first kappa shape index (κ1) is 21.9. The molecule has 3 aromatic rings. The molecule has 30 heavy (non-hydrogen) atoms. The van der Waals surface area contributed by atoms with Crippen LogP contribution in [0.5, 0.6) is 5.75 Å². The minimum absolute atomic E-state index is 0.00679. The summed E-state index contributed by atoms with van der Waals surface area (Å²) in [5.41, 5.74) is 1.49. The van der Waals surface area contributed by atoms with E-state index in [9.17, 15) is 9.59 Å². The van der Waals surface area contributed by atoms with Crippen LogP contribution in [-0.4, -0.2) is 28.3 Å². The van der Waals surface area contributed by atoms with Crippen molar-refractivity contribution in [3.8, 4) is 5.75 Å². The summed E-state index contributed by atoms with van der Waals surface area (Å²) in [5.74, 6) is 0.775. The largest absolute Gasteiger partial charge is 0.496 e. The predicted octanol–water partition coefficient (Wildman–Crippen LogP) is 4.35. The van der Waals surface area contributed by atoms with Gasteiger partial charge in [-0.3, -0.25) is 14.2 Å². The third kappa shape index (κ3) is 4.67. The lowest BCUT2D eigenvalue weighted by molar-refractivity contribution is -0.119. The molecule has 0 bridgehead atoms. The van der Waals surface area contributed by atoms with Crippen LogP contribution < -0.4 is 15.6 Å². The highest BCUT2D eigenvalue weighted by molar-refractivity contribution is 7.99. The summed E-state index contributed by atoms with van der Waals surface area (Å²) in [6.45, 7) is 5.94. The highest BCUT2D eigenvalue weighted by Gasteiger charge is 2.18. The number of rotatable bonds is 8. The van der Waals surface area contributed by atoms with Gasteiger partial charge in [-0.15, -0.1) is 0 Å². The second-order valence-electron chi connectivity index (χ2n) is 7.16. The summed E-state index contributed by atoms with van der Waals surface area (Å²) >= 11 is 1.28. The van der Waals surface area contributed by atoms with Crippen molar-refractivity contribution in [2.24, 2.45) is 0 Å². The van der Waals surface area contributed by atoms with Crippen LogP contribution in [0.15, 0.2) is 58.5 Å². The molecule has 3 rings (SSSR count). The Hall–Kier alpha value is -2.80. The van der Waals surface area contributed by atoms with E-state index in [0.717, 1.165) is 17.7 Å². The number of aromatic nitrogens is 2. The van der Waals surface area contributed by atoms with Crippen LogP contribution in [0.3, 0.4) is 0 Å². The molecule has 0 aliphatic rings. The fraction of sp³-hybridized carbons (Fsp3) is 0.348. The van der Waals surface area contributed by atoms with E-state index in [-0.39, 0.29) is 29.3 Å². The number of hydrogen-bond acceptors (Lipinski definition) is 5. The van der Waals surface area contributed by atoms with E-state index in [1.807, 2.05) is 63.2 Å². The number of nitrogens with one attached hydrogen (secondary N) is 1. The Morgan fingerprint density at radius 3 is 2.60 bits per heavy atom. The number of carbonyl (C=O) groups excluding carboxylic acids is 1. The first-order chi connectivity index (χ1) is 14.5. The number of methoxy groups -OCH3 is 1. The Morgan fingerprint density at radius 1 is 1.17 bits per heavy atom. The molecule has 2 aromatic carbocycles. The average Bonchev–Trinajstić information content (AvgIpc) is 2.77. The van der Waals surface area contributed by atoms with Crippen LogP contribution in [0.4, 0.5) is 0 Å². The number of thioether (sulfide) groups is 1. The third-order valence-corrected chi connectivity index (χ3v) is 6.08. The van der Waals surface area contributed by atoms with Gasteiger partial charge in [0.2, 0.25) is 5.91 Å². The van der Waals surface area contributed by atoms with E-state index in [0.29, 0.717) is 16.1 Å². The summed E-state index contributed by atoms with van der Waals surface area (Å²) in [6.07, 6.45) is 0.796. The van der Waals surface area contributed by atoms with Crippen molar-refractivity contribution in [1.82, 2.24) is 14.9 Å². The number of fused-ring (bicyclic) bond motifs is 1. The van der Waals surface area contributed by atoms with Gasteiger partial charge in [0.05, 0.1) is 29.8 Å². The van der Waals surface area contributed by atoms with Crippen LogP contribution in [0, 0.1) is 0 Å². The number of nitrogens with zero attached hydrogens (tertiary/aromatic N) is 2. The Balaban J connectivity index is 1.79. The zero-order chi connectivity index (χ0) is 21.7. The molecule has 0 aliphatic carbocycles. The van der Waals surface area contributed by atoms with Gasteiger partial charge in [-0.05, 0) is 38.5 Å². The molecule has 1 aromatic heterocycles. The van der Waals surface area contributed by atoms with Gasteiger partial charge in [-0.25, -0.2) is 4.98 Å². The number of amides is 1. The maximum atomic E-state index is 13.0. The number of para-hydroxylation sites is 2. The molecule has 0 aliphatic heterocycles. The molecule has 0 fully saturated rings. The molecule has 0 saturated heterocycles. The van der Waals surface area contributed by atoms with Crippen molar-refractivity contribution in [2.75, 3.05) is 12.9 Å². The zero-order valence-corrected chi connectivity index (χ0v) is 18.5. The molecule has 0 radical (unpaired) electrons. The summed E-state index contributed by atoms with van der Waals surface area (Å²) in [6, 6.07) is 14.7. The number of benzene rings is 2. The highest BCUT2D eigenvalue weighted by atomic mass is 32.2. The lowest BCUT2D eigenvalue weighted by Gasteiger charge is -2.19. The van der Waals surface area contributed by atoms with Gasteiger partial charge in [-0.2, -0.15) is 0 Å². The molecular weight excluding hydrogens is 398 g/mol. The molecule has 7 heteroatoms. The Kier molecular flexibility index (Phi) is 7.15. The van der Waals surface area contributed by atoms with Crippen LogP contribution >= 0.6 is 11.8 Å². The standard InChI is InChI=1S/C23H27N3O3S/c1-5-15(2)26-22(28)18-11-6-8-12-19(18)25-23(26)30-14-21(27)24-16(3)17-10-7-9-13-20(17)29-4/h6-13,15-16H,5,14H2,1-4H3,(H,24,27). The van der Waals surface area contributed by atoms with E-state index in [2.05, 4.69) is 10.3 Å². The second kappa shape index (κ2) is 9.80. The molecule has 1 heterocycles. The normalized spacial score (nSPS) is 13.1. The topological polar surface area (TPSA) is 73.2 Å². The van der Waals surface area contributed by atoms with E-state index < -0.39 is 0 Å². The molecular formula is C23H27N3O3S. The van der Waals surface area contributed by atoms with Gasteiger partial charge < -0.3 is 10.1 Å². The molecule has 2 atom stereocenters. The van der Waals surface area contributed by atoms with E-state index >= 15 is 0 Å². The smallest absolute Gasteiger partial charge is 0.262 e. The van der Waals surface area contributed by atoms with Crippen molar-refractivity contribution in [1.29, 1.82) is 0 Å². The molecule has 0 saturated carbocycles. The molecule has 1 N–H and O–H groups in total. The van der Waals surface area contributed by atoms with Gasteiger partial charge in [0.25, 0.3) is 5.56 Å². The zero-order valence-electron chi connectivity index (χ0n) is 17.7. The predicted molar refractivity (Wildman–Crippen MR) is 121 cm³/mol. The Morgan fingerprint density at radius 2 is 1.87 bits per heavy atom.